The summed E-state index contributed by atoms with van der Waals surface area (Å²) < 4.78 is 7.06. The number of hydrogen-bond acceptors (Lipinski definition) is 5. The van der Waals surface area contributed by atoms with E-state index >= 15 is 0 Å². The van der Waals surface area contributed by atoms with Crippen LogP contribution < -0.4 is 20.9 Å². The lowest BCUT2D eigenvalue weighted by Gasteiger charge is -2.11. The molecule has 1 aromatic heterocycles. The summed E-state index contributed by atoms with van der Waals surface area (Å²) in [5.41, 5.74) is 8.19. The van der Waals surface area contributed by atoms with Crippen LogP contribution in [0.1, 0.15) is 26.2 Å². The Kier molecular flexibility index (Phi) is 5.35. The number of hydrogen-bond donors (Lipinski definition) is 3. The van der Waals surface area contributed by atoms with Gasteiger partial charge in [0, 0.05) is 18.7 Å². The van der Waals surface area contributed by atoms with Crippen LogP contribution in [0.2, 0.25) is 0 Å². The van der Waals surface area contributed by atoms with Crippen LogP contribution in [0.15, 0.2) is 30.5 Å². The highest BCUT2D eigenvalue weighted by Crippen LogP contribution is 2.24. The molecule has 2 atom stereocenters. The van der Waals surface area contributed by atoms with Gasteiger partial charge in [-0.05, 0) is 37.1 Å². The van der Waals surface area contributed by atoms with E-state index in [2.05, 4.69) is 28.1 Å². The topological polar surface area (TPSA) is 80.2 Å². The molecule has 2 aromatic rings. The molecule has 1 saturated heterocycles. The Labute approximate surface area is 147 Å². The summed E-state index contributed by atoms with van der Waals surface area (Å²) in [7, 11) is 3.53. The predicted molar refractivity (Wildman–Crippen MR) is 97.2 cm³/mol. The fraction of sp³-hybridized carbons (Fsp3) is 0.444. The largest absolute Gasteiger partial charge is 0.497 e. The van der Waals surface area contributed by atoms with E-state index < -0.39 is 0 Å². The second-order valence-electron chi connectivity index (χ2n) is 6.31. The third-order valence-corrected chi connectivity index (χ3v) is 4.54. The number of carbonyl (C=O) groups is 1. The number of amides is 1. The molecule has 0 radical (unpaired) electrons. The molecule has 7 heteroatoms. The van der Waals surface area contributed by atoms with Crippen molar-refractivity contribution in [2.24, 2.45) is 7.05 Å². The van der Waals surface area contributed by atoms with Crippen LogP contribution in [-0.2, 0) is 11.8 Å². The van der Waals surface area contributed by atoms with Crippen LogP contribution >= 0.6 is 0 Å². The number of nitrogens with zero attached hydrogens (tertiary/aromatic N) is 2. The number of hydrazine groups is 1. The number of anilines is 1. The average molecular weight is 343 g/mol. The molecule has 1 aromatic carbocycles. The van der Waals surface area contributed by atoms with E-state index in [0.29, 0.717) is 12.0 Å². The highest BCUT2D eigenvalue weighted by molar-refractivity contribution is 5.94. The first-order chi connectivity index (χ1) is 12.1. The molecule has 0 spiro atoms. The van der Waals surface area contributed by atoms with Gasteiger partial charge in [0.05, 0.1) is 19.0 Å². The summed E-state index contributed by atoms with van der Waals surface area (Å²) in [4.78, 5) is 16.8. The molecule has 134 valence electrons. The van der Waals surface area contributed by atoms with Crippen molar-refractivity contribution in [3.8, 4) is 17.0 Å². The predicted octanol–water partition coefficient (Wildman–Crippen LogP) is 2.07. The van der Waals surface area contributed by atoms with Crippen LogP contribution in [-0.4, -0.2) is 34.7 Å². The van der Waals surface area contributed by atoms with E-state index in [1.54, 1.807) is 13.3 Å². The van der Waals surface area contributed by atoms with E-state index in [4.69, 9.17) is 4.74 Å². The highest BCUT2D eigenvalue weighted by atomic mass is 16.5. The standard InChI is InChI=1S/C18H25N5O2/c1-4-5-13-10-15(22-21-13)17(24)20-18-19-11-16(23(18)2)12-6-8-14(25-3)9-7-12/h6-9,11,13,15,21-22H,4-5,10H2,1-3H3,(H,19,20,24). The molecule has 0 aliphatic carbocycles. The van der Waals surface area contributed by atoms with Gasteiger partial charge in [-0.15, -0.1) is 0 Å². The smallest absolute Gasteiger partial charge is 0.245 e. The molecule has 3 rings (SSSR count). The molecule has 2 heterocycles. The molecule has 7 nitrogen and oxygen atoms in total. The molecule has 1 aliphatic rings. The maximum Gasteiger partial charge on any atom is 0.245 e. The third-order valence-electron chi connectivity index (χ3n) is 4.54. The van der Waals surface area contributed by atoms with Crippen molar-refractivity contribution in [2.75, 3.05) is 12.4 Å². The van der Waals surface area contributed by atoms with Crippen LogP contribution in [0, 0.1) is 0 Å². The van der Waals surface area contributed by atoms with Crippen molar-refractivity contribution in [1.29, 1.82) is 0 Å². The minimum atomic E-state index is -0.238. The van der Waals surface area contributed by atoms with Gasteiger partial charge >= 0.3 is 0 Å². The number of methoxy groups -OCH3 is 1. The molecular weight excluding hydrogens is 318 g/mol. The van der Waals surface area contributed by atoms with E-state index in [1.807, 2.05) is 35.9 Å². The SMILES string of the molecule is CCCC1CC(C(=O)Nc2ncc(-c3ccc(OC)cc3)n2C)NN1. The molecule has 0 saturated carbocycles. The number of carbonyl (C=O) groups excluding carboxylic acids is 1. The van der Waals surface area contributed by atoms with E-state index in [9.17, 15) is 4.79 Å². The summed E-state index contributed by atoms with van der Waals surface area (Å²) in [6.45, 7) is 2.14. The lowest BCUT2D eigenvalue weighted by molar-refractivity contribution is -0.118. The number of ether oxygens (including phenoxy) is 1. The van der Waals surface area contributed by atoms with Gasteiger partial charge in [0.1, 0.15) is 11.8 Å². The normalized spacial score (nSPS) is 19.8. The fourth-order valence-electron chi connectivity index (χ4n) is 3.08. The zero-order valence-corrected chi connectivity index (χ0v) is 14.9. The second kappa shape index (κ2) is 7.67. The van der Waals surface area contributed by atoms with Gasteiger partial charge in [-0.1, -0.05) is 13.3 Å². The van der Waals surface area contributed by atoms with Crippen molar-refractivity contribution in [3.05, 3.63) is 30.5 Å². The Bertz CT molecular complexity index is 726. The van der Waals surface area contributed by atoms with Crippen molar-refractivity contribution < 1.29 is 9.53 Å². The molecular formula is C18H25N5O2. The van der Waals surface area contributed by atoms with Crippen molar-refractivity contribution >= 4 is 11.9 Å². The number of nitrogens with one attached hydrogen (secondary N) is 3. The summed E-state index contributed by atoms with van der Waals surface area (Å²) in [6.07, 6.45) is 4.70. The van der Waals surface area contributed by atoms with E-state index in [0.717, 1.165) is 36.3 Å². The van der Waals surface area contributed by atoms with Crippen LogP contribution in [0.5, 0.6) is 5.75 Å². The summed E-state index contributed by atoms with van der Waals surface area (Å²) in [5.74, 6) is 1.28. The van der Waals surface area contributed by atoms with Crippen LogP contribution in [0.4, 0.5) is 5.95 Å². The number of rotatable bonds is 6. The van der Waals surface area contributed by atoms with Crippen molar-refractivity contribution in [2.45, 2.75) is 38.3 Å². The Morgan fingerprint density at radius 3 is 2.80 bits per heavy atom. The van der Waals surface area contributed by atoms with Crippen molar-refractivity contribution in [3.63, 3.8) is 0 Å². The van der Waals surface area contributed by atoms with Crippen LogP contribution in [0.3, 0.4) is 0 Å². The fourth-order valence-corrected chi connectivity index (χ4v) is 3.08. The zero-order chi connectivity index (χ0) is 17.8. The van der Waals surface area contributed by atoms with Gasteiger partial charge < -0.3 is 9.30 Å². The first-order valence-electron chi connectivity index (χ1n) is 8.60. The first-order valence-corrected chi connectivity index (χ1v) is 8.60. The van der Waals surface area contributed by atoms with Gasteiger partial charge in [0.15, 0.2) is 0 Å². The molecule has 2 unspecified atom stereocenters. The molecule has 25 heavy (non-hydrogen) atoms. The minimum absolute atomic E-state index is 0.0684. The summed E-state index contributed by atoms with van der Waals surface area (Å²) in [5, 5.41) is 2.91. The Hall–Kier alpha value is -2.38. The highest BCUT2D eigenvalue weighted by Gasteiger charge is 2.29. The average Bonchev–Trinajstić information content (AvgIpc) is 3.23. The third kappa shape index (κ3) is 3.83. The van der Waals surface area contributed by atoms with Gasteiger partial charge in [-0.2, -0.15) is 0 Å². The lowest BCUT2D eigenvalue weighted by Crippen LogP contribution is -2.40. The number of imidazole rings is 1. The molecule has 3 N–H and O–H groups in total. The Morgan fingerprint density at radius 1 is 1.36 bits per heavy atom. The first kappa shape index (κ1) is 17.4. The molecule has 1 amide bonds. The zero-order valence-electron chi connectivity index (χ0n) is 14.9. The number of aromatic nitrogens is 2. The maximum atomic E-state index is 12.5. The lowest BCUT2D eigenvalue weighted by atomic mass is 10.1. The van der Waals surface area contributed by atoms with Gasteiger partial charge in [0.2, 0.25) is 11.9 Å². The van der Waals surface area contributed by atoms with E-state index in [1.165, 1.54) is 0 Å². The quantitative estimate of drug-likeness (QED) is 0.748. The van der Waals surface area contributed by atoms with Gasteiger partial charge in [-0.25, -0.2) is 10.4 Å². The van der Waals surface area contributed by atoms with Gasteiger partial charge in [-0.3, -0.25) is 15.5 Å². The Balaban J connectivity index is 1.67. The molecule has 1 aliphatic heterocycles. The number of benzene rings is 1. The Morgan fingerprint density at radius 2 is 2.12 bits per heavy atom. The maximum absolute atomic E-state index is 12.5. The van der Waals surface area contributed by atoms with Gasteiger partial charge in [0.25, 0.3) is 0 Å². The summed E-state index contributed by atoms with van der Waals surface area (Å²) in [6, 6.07) is 7.86. The molecule has 1 fully saturated rings. The van der Waals surface area contributed by atoms with Crippen molar-refractivity contribution in [1.82, 2.24) is 20.4 Å². The van der Waals surface area contributed by atoms with Crippen LogP contribution in [0.25, 0.3) is 11.3 Å². The van der Waals surface area contributed by atoms with E-state index in [-0.39, 0.29) is 11.9 Å². The molecule has 0 bridgehead atoms. The minimum Gasteiger partial charge on any atom is -0.497 e. The second-order valence-corrected chi connectivity index (χ2v) is 6.31. The monoisotopic (exact) mass is 343 g/mol. The summed E-state index contributed by atoms with van der Waals surface area (Å²) >= 11 is 0.